The average Bonchev–Trinajstić information content (AvgIpc) is 3.30. The molecule has 2 atom stereocenters. The number of hydrogen-bond acceptors (Lipinski definition) is 6. The Morgan fingerprint density at radius 3 is 2.30 bits per heavy atom. The van der Waals surface area contributed by atoms with Crippen LogP contribution < -0.4 is 16.0 Å². The van der Waals surface area contributed by atoms with Gasteiger partial charge in [-0.15, -0.1) is 0 Å². The monoisotopic (exact) mass is 555 g/mol. The summed E-state index contributed by atoms with van der Waals surface area (Å²) in [6.07, 6.45) is 7.71. The van der Waals surface area contributed by atoms with E-state index in [1.165, 1.54) is 17.1 Å². The molecule has 1 aliphatic carbocycles. The third-order valence-corrected chi connectivity index (χ3v) is 6.80. The van der Waals surface area contributed by atoms with E-state index in [1.54, 1.807) is 65.0 Å². The normalized spacial score (nSPS) is 15.9. The first-order valence-electron chi connectivity index (χ1n) is 13.7. The van der Waals surface area contributed by atoms with Crippen LogP contribution in [0.1, 0.15) is 84.7 Å². The third-order valence-electron chi connectivity index (χ3n) is 6.80. The Bertz CT molecular complexity index is 1180. The number of carbonyl (C=O) groups excluding carboxylic acids is 3. The molecule has 1 aromatic carbocycles. The molecule has 11 nitrogen and oxygen atoms in total. The second-order valence-corrected chi connectivity index (χ2v) is 11.9. The van der Waals surface area contributed by atoms with Gasteiger partial charge in [0.05, 0.1) is 6.33 Å². The van der Waals surface area contributed by atoms with Crippen LogP contribution in [0.4, 0.5) is 10.6 Å². The van der Waals surface area contributed by atoms with Crippen molar-refractivity contribution < 1.29 is 29.0 Å². The number of aromatic nitrogens is 2. The molecular weight excluding hydrogens is 514 g/mol. The van der Waals surface area contributed by atoms with Crippen molar-refractivity contribution in [1.29, 1.82) is 0 Å². The van der Waals surface area contributed by atoms with Gasteiger partial charge in [-0.3, -0.25) is 9.59 Å². The number of carboxylic acids is 1. The predicted octanol–water partition coefficient (Wildman–Crippen LogP) is 4.25. The van der Waals surface area contributed by atoms with E-state index in [0.29, 0.717) is 12.0 Å². The largest absolute Gasteiger partial charge is 0.479 e. The standard InChI is InChI=1S/C29H41N5O6/c1-28(2,3)40-27(39)33-29(4,5)26(38)31-21(16-19-12-8-6-9-13-19)24(35)32-22-17-34(18-30-22)23(25(36)37)20-14-10-7-11-15-20/h7,10-11,14-15,17-19,21,23H,6,8-9,12-13,16H2,1-5H3,(H,31,38)(H,32,35)(H,33,39)(H,36,37). The van der Waals surface area contributed by atoms with Crippen LogP contribution in [-0.4, -0.2) is 55.7 Å². The van der Waals surface area contributed by atoms with E-state index in [4.69, 9.17) is 4.74 Å². The lowest BCUT2D eigenvalue weighted by atomic mass is 9.84. The molecule has 2 unspecified atom stereocenters. The molecule has 40 heavy (non-hydrogen) atoms. The van der Waals surface area contributed by atoms with Gasteiger partial charge >= 0.3 is 12.1 Å². The molecule has 1 aliphatic rings. The maximum Gasteiger partial charge on any atom is 0.408 e. The molecule has 1 heterocycles. The van der Waals surface area contributed by atoms with E-state index in [2.05, 4.69) is 20.9 Å². The number of aliphatic carboxylic acids is 1. The zero-order valence-electron chi connectivity index (χ0n) is 23.9. The molecule has 0 saturated heterocycles. The van der Waals surface area contributed by atoms with Crippen LogP contribution in [0.2, 0.25) is 0 Å². The van der Waals surface area contributed by atoms with Gasteiger partial charge in [0.25, 0.3) is 0 Å². The molecule has 2 aromatic rings. The van der Waals surface area contributed by atoms with Crippen molar-refractivity contribution in [2.45, 2.75) is 96.4 Å². The molecule has 1 aromatic heterocycles. The van der Waals surface area contributed by atoms with Gasteiger partial charge < -0.3 is 30.4 Å². The highest BCUT2D eigenvalue weighted by molar-refractivity contribution is 5.98. The van der Waals surface area contributed by atoms with Gasteiger partial charge in [-0.1, -0.05) is 62.4 Å². The van der Waals surface area contributed by atoms with Gasteiger partial charge in [-0.25, -0.2) is 14.6 Å². The molecule has 0 aliphatic heterocycles. The minimum Gasteiger partial charge on any atom is -0.479 e. The third kappa shape index (κ3) is 8.82. The second kappa shape index (κ2) is 13.0. The summed E-state index contributed by atoms with van der Waals surface area (Å²) in [5, 5.41) is 17.9. The Hall–Kier alpha value is -3.89. The van der Waals surface area contributed by atoms with Crippen molar-refractivity contribution >= 4 is 29.7 Å². The number of nitrogens with zero attached hydrogens (tertiary/aromatic N) is 2. The lowest BCUT2D eigenvalue weighted by Gasteiger charge is -2.31. The van der Waals surface area contributed by atoms with Crippen molar-refractivity contribution in [1.82, 2.24) is 20.2 Å². The van der Waals surface area contributed by atoms with Crippen molar-refractivity contribution in [3.8, 4) is 0 Å². The fourth-order valence-electron chi connectivity index (χ4n) is 4.78. The summed E-state index contributed by atoms with van der Waals surface area (Å²) in [5.41, 5.74) is -1.52. The summed E-state index contributed by atoms with van der Waals surface area (Å²) >= 11 is 0. The first kappa shape index (κ1) is 30.6. The molecule has 218 valence electrons. The van der Waals surface area contributed by atoms with E-state index in [9.17, 15) is 24.3 Å². The number of amides is 3. The maximum absolute atomic E-state index is 13.4. The number of rotatable bonds is 10. The Morgan fingerprint density at radius 1 is 1.05 bits per heavy atom. The lowest BCUT2D eigenvalue weighted by Crippen LogP contribution is -2.59. The minimum absolute atomic E-state index is 0.168. The van der Waals surface area contributed by atoms with Crippen LogP contribution in [-0.2, 0) is 19.1 Å². The number of benzene rings is 1. The summed E-state index contributed by atoms with van der Waals surface area (Å²) < 4.78 is 6.70. The zero-order chi connectivity index (χ0) is 29.5. The first-order valence-corrected chi connectivity index (χ1v) is 13.7. The number of ether oxygens (including phenoxy) is 1. The summed E-state index contributed by atoms with van der Waals surface area (Å²) in [7, 11) is 0. The molecule has 4 N–H and O–H groups in total. The van der Waals surface area contributed by atoms with Crippen LogP contribution in [0.25, 0.3) is 0 Å². The highest BCUT2D eigenvalue weighted by Crippen LogP contribution is 2.28. The van der Waals surface area contributed by atoms with Crippen LogP contribution in [0.5, 0.6) is 0 Å². The first-order chi connectivity index (χ1) is 18.7. The molecule has 3 amide bonds. The van der Waals surface area contributed by atoms with Gasteiger partial charge in [0.15, 0.2) is 11.9 Å². The fourth-order valence-corrected chi connectivity index (χ4v) is 4.78. The zero-order valence-corrected chi connectivity index (χ0v) is 23.9. The number of alkyl carbamates (subject to hydrolysis) is 1. The second-order valence-electron chi connectivity index (χ2n) is 11.9. The van der Waals surface area contributed by atoms with Gasteiger partial charge in [0.1, 0.15) is 17.2 Å². The molecule has 3 rings (SSSR count). The van der Waals surface area contributed by atoms with Crippen LogP contribution in [0.15, 0.2) is 42.9 Å². The van der Waals surface area contributed by atoms with Gasteiger partial charge in [-0.05, 0) is 52.5 Å². The van der Waals surface area contributed by atoms with Gasteiger partial charge in [-0.2, -0.15) is 0 Å². The number of imidazole rings is 1. The highest BCUT2D eigenvalue weighted by atomic mass is 16.6. The quantitative estimate of drug-likeness (QED) is 0.342. The highest BCUT2D eigenvalue weighted by Gasteiger charge is 2.35. The molecule has 11 heteroatoms. The number of carbonyl (C=O) groups is 4. The number of nitrogens with one attached hydrogen (secondary N) is 3. The van der Waals surface area contributed by atoms with Crippen molar-refractivity contribution in [2.24, 2.45) is 5.92 Å². The Labute approximate surface area is 235 Å². The predicted molar refractivity (Wildman–Crippen MR) is 150 cm³/mol. The average molecular weight is 556 g/mol. The van der Waals surface area contributed by atoms with Crippen molar-refractivity contribution in [3.05, 3.63) is 48.4 Å². The number of anilines is 1. The molecular formula is C29H41N5O6. The van der Waals surface area contributed by atoms with Gasteiger partial charge in [0.2, 0.25) is 11.8 Å². The maximum atomic E-state index is 13.4. The summed E-state index contributed by atoms with van der Waals surface area (Å²) in [5.74, 6) is -1.64. The lowest BCUT2D eigenvalue weighted by molar-refractivity contribution is -0.139. The van der Waals surface area contributed by atoms with Crippen LogP contribution in [0, 0.1) is 5.92 Å². The van der Waals surface area contributed by atoms with Crippen molar-refractivity contribution in [2.75, 3.05) is 5.32 Å². The summed E-state index contributed by atoms with van der Waals surface area (Å²) in [6, 6.07) is 6.82. The SMILES string of the molecule is CC(C)(C)OC(=O)NC(C)(C)C(=O)NC(CC1CCCCC1)C(=O)Nc1cn(C(C(=O)O)c2ccccc2)cn1. The van der Waals surface area contributed by atoms with E-state index in [1.807, 2.05) is 0 Å². The van der Waals surface area contributed by atoms with Crippen molar-refractivity contribution in [3.63, 3.8) is 0 Å². The van der Waals surface area contributed by atoms with Gasteiger partial charge in [0, 0.05) is 6.20 Å². The topological polar surface area (TPSA) is 152 Å². The fraction of sp³-hybridized carbons (Fsp3) is 0.552. The Morgan fingerprint density at radius 2 is 1.70 bits per heavy atom. The van der Waals surface area contributed by atoms with E-state index >= 15 is 0 Å². The number of carboxylic acid groups (broad SMARTS) is 1. The number of hydrogen-bond donors (Lipinski definition) is 4. The van der Waals surface area contributed by atoms with Crippen LogP contribution in [0.3, 0.4) is 0 Å². The van der Waals surface area contributed by atoms with Crippen LogP contribution >= 0.6 is 0 Å². The molecule has 0 bridgehead atoms. The Kier molecular flexibility index (Phi) is 9.94. The Balaban J connectivity index is 1.75. The molecule has 1 fully saturated rings. The smallest absolute Gasteiger partial charge is 0.408 e. The molecule has 0 spiro atoms. The van der Waals surface area contributed by atoms with E-state index < -0.39 is 47.1 Å². The van der Waals surface area contributed by atoms with E-state index in [-0.39, 0.29) is 11.7 Å². The summed E-state index contributed by atoms with van der Waals surface area (Å²) in [6.45, 7) is 8.26. The molecule has 1 saturated carbocycles. The molecule has 0 radical (unpaired) electrons. The minimum atomic E-state index is -1.35. The summed E-state index contributed by atoms with van der Waals surface area (Å²) in [4.78, 5) is 55.2. The van der Waals surface area contributed by atoms with E-state index in [0.717, 1.165) is 32.1 Å².